The van der Waals surface area contributed by atoms with E-state index in [-0.39, 0.29) is 24.0 Å². The maximum atomic E-state index is 2.31. The second-order valence-corrected chi connectivity index (χ2v) is 7.48. The van der Waals surface area contributed by atoms with Gasteiger partial charge in [-0.3, -0.25) is 0 Å². The van der Waals surface area contributed by atoms with Crippen molar-refractivity contribution in [3.05, 3.63) is 49.1 Å². The molecule has 2 aromatic heterocycles. The minimum atomic E-state index is 0. The van der Waals surface area contributed by atoms with E-state index in [0.29, 0.717) is 0 Å². The van der Waals surface area contributed by atoms with Gasteiger partial charge in [0.2, 0.25) is 0 Å². The fourth-order valence-corrected chi connectivity index (χ4v) is 3.39. The highest BCUT2D eigenvalue weighted by atomic mass is 127. The fourth-order valence-electron chi connectivity index (χ4n) is 3.39. The lowest BCUT2D eigenvalue weighted by molar-refractivity contribution is -0.697. The third-order valence-electron chi connectivity index (χ3n) is 5.16. The minimum Gasteiger partial charge on any atom is -1.00 e. The molecule has 150 valence electrons. The summed E-state index contributed by atoms with van der Waals surface area (Å²) in [7, 11) is 0. The van der Waals surface area contributed by atoms with Crippen LogP contribution in [0.2, 0.25) is 0 Å². The van der Waals surface area contributed by atoms with E-state index in [1.807, 2.05) is 0 Å². The monoisotopic (exact) mass is 481 g/mol. The van der Waals surface area contributed by atoms with Gasteiger partial charge in [0, 0.05) is 37.1 Å². The smallest absolute Gasteiger partial charge is 0.169 e. The number of pyridine rings is 2. The maximum absolute atomic E-state index is 2.31. The van der Waals surface area contributed by atoms with Crippen LogP contribution in [0.1, 0.15) is 78.1 Å². The van der Waals surface area contributed by atoms with Gasteiger partial charge in [0.15, 0.2) is 24.8 Å². The zero-order chi connectivity index (χ0) is 18.5. The first-order valence-electron chi connectivity index (χ1n) is 10.8. The summed E-state index contributed by atoms with van der Waals surface area (Å²) >= 11 is 0. The van der Waals surface area contributed by atoms with E-state index in [1.54, 1.807) is 0 Å². The van der Waals surface area contributed by atoms with Crippen molar-refractivity contribution in [3.8, 4) is 11.1 Å². The lowest BCUT2D eigenvalue weighted by Crippen LogP contribution is -3.00. The number of rotatable bonds is 13. The van der Waals surface area contributed by atoms with Crippen LogP contribution in [0.3, 0.4) is 0 Å². The molecule has 0 unspecified atom stereocenters. The summed E-state index contributed by atoms with van der Waals surface area (Å²) < 4.78 is 4.63. The maximum Gasteiger partial charge on any atom is 0.169 e. The van der Waals surface area contributed by atoms with Gasteiger partial charge in [-0.25, -0.2) is 9.13 Å². The molecule has 3 heteroatoms. The summed E-state index contributed by atoms with van der Waals surface area (Å²) in [5, 5.41) is 0. The molecule has 2 nitrogen and oxygen atoms in total. The lowest BCUT2D eigenvalue weighted by Gasteiger charge is -2.02. The van der Waals surface area contributed by atoms with Crippen LogP contribution in [-0.2, 0) is 13.1 Å². The average molecular weight is 481 g/mol. The second-order valence-electron chi connectivity index (χ2n) is 7.48. The number of aryl methyl sites for hydroxylation is 2. The van der Waals surface area contributed by atoms with E-state index >= 15 is 0 Å². The molecule has 0 aliphatic heterocycles. The Hall–Kier alpha value is -0.970. The number of hydrogen-bond acceptors (Lipinski definition) is 0. The van der Waals surface area contributed by atoms with Crippen molar-refractivity contribution < 1.29 is 33.1 Å². The van der Waals surface area contributed by atoms with Crippen LogP contribution in [0.5, 0.6) is 0 Å². The predicted octanol–water partition coefficient (Wildman–Crippen LogP) is 2.87. The molecule has 0 aliphatic rings. The van der Waals surface area contributed by atoms with Gasteiger partial charge < -0.3 is 24.0 Å². The molecular formula is C24H38IN2+. The van der Waals surface area contributed by atoms with Crippen molar-refractivity contribution in [2.24, 2.45) is 0 Å². The molecule has 2 aromatic rings. The molecular weight excluding hydrogens is 443 g/mol. The molecule has 0 spiro atoms. The highest BCUT2D eigenvalue weighted by Crippen LogP contribution is 2.15. The van der Waals surface area contributed by atoms with Crippen molar-refractivity contribution in [2.45, 2.75) is 91.1 Å². The molecule has 0 radical (unpaired) electrons. The second kappa shape index (κ2) is 15.0. The van der Waals surface area contributed by atoms with Crippen LogP contribution in [0.25, 0.3) is 11.1 Å². The van der Waals surface area contributed by atoms with Crippen molar-refractivity contribution in [1.29, 1.82) is 0 Å². The molecule has 0 atom stereocenters. The molecule has 0 amide bonds. The summed E-state index contributed by atoms with van der Waals surface area (Å²) in [4.78, 5) is 0. The zero-order valence-corrected chi connectivity index (χ0v) is 19.5. The molecule has 0 bridgehead atoms. The molecule has 0 N–H and O–H groups in total. The van der Waals surface area contributed by atoms with Gasteiger partial charge in [0.05, 0.1) is 0 Å². The van der Waals surface area contributed by atoms with Gasteiger partial charge in [0.25, 0.3) is 0 Å². The van der Waals surface area contributed by atoms with Crippen LogP contribution in [0.15, 0.2) is 49.1 Å². The van der Waals surface area contributed by atoms with Crippen molar-refractivity contribution in [1.82, 2.24) is 0 Å². The summed E-state index contributed by atoms with van der Waals surface area (Å²) in [6.07, 6.45) is 22.3. The lowest BCUT2D eigenvalue weighted by atomic mass is 10.1. The van der Waals surface area contributed by atoms with E-state index < -0.39 is 0 Å². The van der Waals surface area contributed by atoms with Gasteiger partial charge in [0.1, 0.15) is 13.1 Å². The van der Waals surface area contributed by atoms with Crippen LogP contribution in [0, 0.1) is 0 Å². The number of unbranched alkanes of at least 4 members (excludes halogenated alkanes) is 8. The normalized spacial score (nSPS) is 10.6. The highest BCUT2D eigenvalue weighted by molar-refractivity contribution is 5.60. The molecule has 2 heterocycles. The third kappa shape index (κ3) is 9.68. The zero-order valence-electron chi connectivity index (χ0n) is 17.4. The minimum absolute atomic E-state index is 0. The first-order chi connectivity index (χ1) is 12.8. The summed E-state index contributed by atoms with van der Waals surface area (Å²) in [6.45, 7) is 6.81. The number of nitrogens with zero attached hydrogens (tertiary/aromatic N) is 2. The average Bonchev–Trinajstić information content (AvgIpc) is 2.69. The van der Waals surface area contributed by atoms with Gasteiger partial charge in [-0.15, -0.1) is 0 Å². The van der Waals surface area contributed by atoms with E-state index in [2.05, 4.69) is 72.0 Å². The highest BCUT2D eigenvalue weighted by Gasteiger charge is 2.06. The van der Waals surface area contributed by atoms with Crippen LogP contribution in [-0.4, -0.2) is 0 Å². The molecule has 0 saturated carbocycles. The quantitative estimate of drug-likeness (QED) is 0.236. The third-order valence-corrected chi connectivity index (χ3v) is 5.16. The van der Waals surface area contributed by atoms with Crippen molar-refractivity contribution >= 4 is 0 Å². The van der Waals surface area contributed by atoms with Crippen LogP contribution < -0.4 is 33.1 Å². The largest absolute Gasteiger partial charge is 1.00 e. The Bertz CT molecular complexity index is 537. The van der Waals surface area contributed by atoms with E-state index in [0.717, 1.165) is 13.1 Å². The Labute approximate surface area is 184 Å². The molecule has 0 saturated heterocycles. The Balaban J connectivity index is 0.00000364. The molecule has 0 fully saturated rings. The summed E-state index contributed by atoms with van der Waals surface area (Å²) in [5.41, 5.74) is 2.62. The topological polar surface area (TPSA) is 7.76 Å². The van der Waals surface area contributed by atoms with Gasteiger partial charge in [-0.05, 0) is 24.0 Å². The standard InChI is InChI=1S/C24H38N2.HI/c1-3-5-7-9-11-17-25-19-13-23(14-20-25)24-15-21-26(22-16-24)18-12-10-8-6-4-2;/h13-16,19-22H,3-12,17-18H2,1-2H3;1H/q+2;/p-1. The molecule has 2 rings (SSSR count). The Morgan fingerprint density at radius 1 is 0.519 bits per heavy atom. The van der Waals surface area contributed by atoms with Gasteiger partial charge in [-0.1, -0.05) is 52.4 Å². The van der Waals surface area contributed by atoms with Crippen LogP contribution >= 0.6 is 0 Å². The predicted molar refractivity (Wildman–Crippen MR) is 110 cm³/mol. The first-order valence-corrected chi connectivity index (χ1v) is 10.8. The number of hydrogen-bond donors (Lipinski definition) is 0. The Kier molecular flexibility index (Phi) is 13.4. The van der Waals surface area contributed by atoms with Gasteiger partial charge >= 0.3 is 0 Å². The SMILES string of the molecule is CCCCCCC[n+]1ccc(-c2cc[n+](CCCCCCC)cc2)cc1.[I-]. The van der Waals surface area contributed by atoms with E-state index in [9.17, 15) is 0 Å². The number of halogens is 1. The van der Waals surface area contributed by atoms with E-state index in [4.69, 9.17) is 0 Å². The Morgan fingerprint density at radius 3 is 1.19 bits per heavy atom. The number of aromatic nitrogens is 2. The first kappa shape index (κ1) is 24.1. The van der Waals surface area contributed by atoms with Crippen molar-refractivity contribution in [3.63, 3.8) is 0 Å². The van der Waals surface area contributed by atoms with Crippen LogP contribution in [0.4, 0.5) is 0 Å². The van der Waals surface area contributed by atoms with Crippen molar-refractivity contribution in [2.75, 3.05) is 0 Å². The molecule has 27 heavy (non-hydrogen) atoms. The molecule has 0 aliphatic carbocycles. The molecule has 0 aromatic carbocycles. The summed E-state index contributed by atoms with van der Waals surface area (Å²) in [6, 6.07) is 8.99. The Morgan fingerprint density at radius 2 is 0.852 bits per heavy atom. The van der Waals surface area contributed by atoms with Gasteiger partial charge in [-0.2, -0.15) is 0 Å². The summed E-state index contributed by atoms with van der Waals surface area (Å²) in [5.74, 6) is 0. The fraction of sp³-hybridized carbons (Fsp3) is 0.583. The van der Waals surface area contributed by atoms with E-state index in [1.165, 1.54) is 75.3 Å².